The number of amides is 1. The molecule has 0 bridgehead atoms. The van der Waals surface area contributed by atoms with E-state index in [4.69, 9.17) is 4.74 Å². The van der Waals surface area contributed by atoms with Crippen LogP contribution in [0.5, 0.6) is 0 Å². The van der Waals surface area contributed by atoms with Gasteiger partial charge in [-0.15, -0.1) is 0 Å². The molecule has 0 aromatic heterocycles. The molecular formula is C20H29NO3. The molecule has 1 aromatic rings. The number of carbonyl (C=O) groups is 2. The van der Waals surface area contributed by atoms with Gasteiger partial charge in [-0.25, -0.2) is 0 Å². The summed E-state index contributed by atoms with van der Waals surface area (Å²) >= 11 is 0. The molecule has 0 radical (unpaired) electrons. The highest BCUT2D eigenvalue weighted by atomic mass is 16.5. The van der Waals surface area contributed by atoms with Crippen molar-refractivity contribution in [2.75, 3.05) is 6.61 Å². The Labute approximate surface area is 145 Å². The van der Waals surface area contributed by atoms with Gasteiger partial charge in [-0.3, -0.25) is 9.59 Å². The summed E-state index contributed by atoms with van der Waals surface area (Å²) in [5.74, 6) is -0.132. The number of benzene rings is 1. The first-order chi connectivity index (χ1) is 11.7. The van der Waals surface area contributed by atoms with Gasteiger partial charge in [0, 0.05) is 18.9 Å². The van der Waals surface area contributed by atoms with Crippen LogP contribution in [0.2, 0.25) is 0 Å². The molecule has 0 saturated heterocycles. The summed E-state index contributed by atoms with van der Waals surface area (Å²) in [5, 5.41) is 3.07. The number of carbonyl (C=O) groups excluding carboxylic acids is 2. The zero-order valence-electron chi connectivity index (χ0n) is 14.5. The summed E-state index contributed by atoms with van der Waals surface area (Å²) in [7, 11) is 0. The van der Waals surface area contributed by atoms with E-state index in [-0.39, 0.29) is 11.9 Å². The fourth-order valence-electron chi connectivity index (χ4n) is 3.12. The lowest BCUT2D eigenvalue weighted by atomic mass is 9.95. The molecule has 0 atom stereocenters. The molecule has 1 amide bonds. The van der Waals surface area contributed by atoms with E-state index in [0.717, 1.165) is 25.7 Å². The summed E-state index contributed by atoms with van der Waals surface area (Å²) in [4.78, 5) is 23.5. The molecule has 24 heavy (non-hydrogen) atoms. The van der Waals surface area contributed by atoms with Crippen molar-refractivity contribution in [1.82, 2.24) is 5.32 Å². The molecule has 1 aliphatic rings. The number of hydrogen-bond acceptors (Lipinski definition) is 3. The third-order valence-electron chi connectivity index (χ3n) is 4.47. The van der Waals surface area contributed by atoms with E-state index in [1.165, 1.54) is 24.8 Å². The van der Waals surface area contributed by atoms with E-state index in [0.29, 0.717) is 31.9 Å². The molecule has 2 rings (SSSR count). The van der Waals surface area contributed by atoms with Gasteiger partial charge in [0.2, 0.25) is 5.91 Å². The summed E-state index contributed by atoms with van der Waals surface area (Å²) in [6.45, 7) is 0.446. The molecule has 1 saturated carbocycles. The lowest BCUT2D eigenvalue weighted by molar-refractivity contribution is -0.143. The van der Waals surface area contributed by atoms with Crippen molar-refractivity contribution in [3.05, 3.63) is 35.9 Å². The van der Waals surface area contributed by atoms with Gasteiger partial charge in [0.1, 0.15) is 0 Å². The van der Waals surface area contributed by atoms with Crippen LogP contribution < -0.4 is 5.32 Å². The third-order valence-corrected chi connectivity index (χ3v) is 4.47. The van der Waals surface area contributed by atoms with E-state index in [2.05, 4.69) is 17.4 Å². The molecule has 1 fully saturated rings. The number of esters is 1. The van der Waals surface area contributed by atoms with E-state index in [1.54, 1.807) is 0 Å². The highest BCUT2D eigenvalue weighted by Gasteiger charge is 2.15. The Hall–Kier alpha value is -1.84. The van der Waals surface area contributed by atoms with Gasteiger partial charge in [0.15, 0.2) is 0 Å². The maximum absolute atomic E-state index is 11.8. The standard InChI is InChI=1S/C20H29NO3/c22-19(21-18-12-5-2-6-13-18)14-7-15-20(23)24-16-8-11-17-9-3-1-4-10-17/h1,3-4,9-10,18H,2,5-8,11-16H2,(H,21,22). The molecular weight excluding hydrogens is 302 g/mol. The highest BCUT2D eigenvalue weighted by Crippen LogP contribution is 2.17. The minimum Gasteiger partial charge on any atom is -0.466 e. The largest absolute Gasteiger partial charge is 0.466 e. The van der Waals surface area contributed by atoms with Crippen LogP contribution in [0, 0.1) is 0 Å². The van der Waals surface area contributed by atoms with Crippen molar-refractivity contribution >= 4 is 11.9 Å². The summed E-state index contributed by atoms with van der Waals surface area (Å²) < 4.78 is 5.22. The van der Waals surface area contributed by atoms with Crippen molar-refractivity contribution in [2.24, 2.45) is 0 Å². The molecule has 4 nitrogen and oxygen atoms in total. The molecule has 0 aliphatic heterocycles. The first-order valence-electron chi connectivity index (χ1n) is 9.23. The molecule has 4 heteroatoms. The van der Waals surface area contributed by atoms with E-state index in [1.807, 2.05) is 18.2 Å². The molecule has 0 unspecified atom stereocenters. The predicted molar refractivity (Wildman–Crippen MR) is 94.6 cm³/mol. The minimum absolute atomic E-state index is 0.0683. The molecule has 0 heterocycles. The zero-order valence-corrected chi connectivity index (χ0v) is 14.5. The van der Waals surface area contributed by atoms with Gasteiger partial charge in [-0.05, 0) is 37.7 Å². The number of nitrogens with one attached hydrogen (secondary N) is 1. The summed E-state index contributed by atoms with van der Waals surface area (Å²) in [5.41, 5.74) is 1.26. The lowest BCUT2D eigenvalue weighted by Gasteiger charge is -2.22. The Bertz CT molecular complexity index is 495. The topological polar surface area (TPSA) is 55.4 Å². The van der Waals surface area contributed by atoms with Gasteiger partial charge >= 0.3 is 5.97 Å². The average Bonchev–Trinajstić information content (AvgIpc) is 2.60. The molecule has 1 aliphatic carbocycles. The van der Waals surface area contributed by atoms with Gasteiger partial charge in [-0.1, -0.05) is 49.6 Å². The van der Waals surface area contributed by atoms with Crippen LogP contribution in [0.1, 0.15) is 63.4 Å². The fraction of sp³-hybridized carbons (Fsp3) is 0.600. The number of rotatable bonds is 9. The van der Waals surface area contributed by atoms with E-state index >= 15 is 0 Å². The van der Waals surface area contributed by atoms with Crippen molar-refractivity contribution < 1.29 is 14.3 Å². The molecule has 1 N–H and O–H groups in total. The third kappa shape index (κ3) is 7.62. The van der Waals surface area contributed by atoms with E-state index in [9.17, 15) is 9.59 Å². The predicted octanol–water partition coefficient (Wildman–Crippen LogP) is 3.78. The first kappa shape index (κ1) is 18.5. The van der Waals surface area contributed by atoms with Gasteiger partial charge in [-0.2, -0.15) is 0 Å². The number of ether oxygens (including phenoxy) is 1. The van der Waals surface area contributed by atoms with Crippen LogP contribution in [0.25, 0.3) is 0 Å². The second-order valence-corrected chi connectivity index (χ2v) is 6.57. The van der Waals surface area contributed by atoms with Crippen molar-refractivity contribution in [3.8, 4) is 0 Å². The van der Waals surface area contributed by atoms with Crippen LogP contribution in [0.3, 0.4) is 0 Å². The van der Waals surface area contributed by atoms with Gasteiger partial charge < -0.3 is 10.1 Å². The fourth-order valence-corrected chi connectivity index (χ4v) is 3.12. The molecule has 132 valence electrons. The van der Waals surface area contributed by atoms with Crippen molar-refractivity contribution in [1.29, 1.82) is 0 Å². The number of hydrogen-bond donors (Lipinski definition) is 1. The van der Waals surface area contributed by atoms with Crippen LogP contribution in [-0.4, -0.2) is 24.5 Å². The van der Waals surface area contributed by atoms with Crippen LogP contribution in [0.4, 0.5) is 0 Å². The average molecular weight is 331 g/mol. The first-order valence-corrected chi connectivity index (χ1v) is 9.23. The molecule has 1 aromatic carbocycles. The monoisotopic (exact) mass is 331 g/mol. The highest BCUT2D eigenvalue weighted by molar-refractivity contribution is 5.77. The van der Waals surface area contributed by atoms with Crippen molar-refractivity contribution in [3.63, 3.8) is 0 Å². The zero-order chi connectivity index (χ0) is 17.0. The maximum Gasteiger partial charge on any atom is 0.305 e. The van der Waals surface area contributed by atoms with Crippen molar-refractivity contribution in [2.45, 2.75) is 70.3 Å². The van der Waals surface area contributed by atoms with Gasteiger partial charge in [0.05, 0.1) is 6.61 Å². The minimum atomic E-state index is -0.200. The molecule has 0 spiro atoms. The summed E-state index contributed by atoms with van der Waals surface area (Å²) in [6.07, 6.45) is 8.93. The van der Waals surface area contributed by atoms with Gasteiger partial charge in [0.25, 0.3) is 0 Å². The normalized spacial score (nSPS) is 15.0. The van der Waals surface area contributed by atoms with E-state index < -0.39 is 0 Å². The SMILES string of the molecule is O=C(CCCC(=O)OCCCc1ccccc1)NC1CCCCC1. The Balaban J connectivity index is 1.47. The Morgan fingerprint density at radius 1 is 1.00 bits per heavy atom. The van der Waals surface area contributed by atoms with Crippen LogP contribution >= 0.6 is 0 Å². The Kier molecular flexibility index (Phi) is 8.36. The quantitative estimate of drug-likeness (QED) is 0.553. The van der Waals surface area contributed by atoms with Crippen LogP contribution in [0.15, 0.2) is 30.3 Å². The second kappa shape index (κ2) is 10.8. The smallest absolute Gasteiger partial charge is 0.305 e. The Morgan fingerprint density at radius 3 is 2.50 bits per heavy atom. The summed E-state index contributed by atoms with van der Waals surface area (Å²) in [6, 6.07) is 10.5. The van der Waals surface area contributed by atoms with Crippen LogP contribution in [-0.2, 0) is 20.7 Å². The Morgan fingerprint density at radius 2 is 1.75 bits per heavy atom. The second-order valence-electron chi connectivity index (χ2n) is 6.57. The number of aryl methyl sites for hydroxylation is 1. The lowest BCUT2D eigenvalue weighted by Crippen LogP contribution is -2.36. The maximum atomic E-state index is 11.8.